The molecule has 0 fully saturated rings. The van der Waals surface area contributed by atoms with E-state index in [1.165, 1.54) is 5.56 Å². The highest BCUT2D eigenvalue weighted by molar-refractivity contribution is 14.0. The molecule has 10 heteroatoms. The molecule has 0 amide bonds. The van der Waals surface area contributed by atoms with Crippen LogP contribution in [0.15, 0.2) is 29.3 Å². The van der Waals surface area contributed by atoms with Crippen LogP contribution in [-0.2, 0) is 29.5 Å². The van der Waals surface area contributed by atoms with Crippen LogP contribution in [0.5, 0.6) is 5.75 Å². The van der Waals surface area contributed by atoms with Gasteiger partial charge in [0.2, 0.25) is 0 Å². The lowest BCUT2D eigenvalue weighted by Gasteiger charge is -2.13. The molecule has 0 unspecified atom stereocenters. The summed E-state index contributed by atoms with van der Waals surface area (Å²) in [5.41, 5.74) is 1.23. The molecule has 2 N–H and O–H groups in total. The third kappa shape index (κ3) is 10.3. The Morgan fingerprint density at radius 1 is 1.03 bits per heavy atom. The minimum atomic E-state index is 0. The highest BCUT2D eigenvalue weighted by atomic mass is 127. The molecule has 0 bridgehead atoms. The van der Waals surface area contributed by atoms with Crippen LogP contribution in [0, 0.1) is 6.92 Å². The molecule has 0 aliphatic rings. The van der Waals surface area contributed by atoms with Crippen LogP contribution in [0.1, 0.15) is 23.6 Å². The van der Waals surface area contributed by atoms with Crippen LogP contribution in [0.2, 0.25) is 0 Å². The summed E-state index contributed by atoms with van der Waals surface area (Å²) in [7, 11) is 5.29. The fourth-order valence-electron chi connectivity index (χ4n) is 2.66. The first-order valence-electron chi connectivity index (χ1n) is 10.2. The zero-order valence-corrected chi connectivity index (χ0v) is 21.2. The number of aromatic nitrogens is 3. The van der Waals surface area contributed by atoms with Crippen molar-refractivity contribution in [1.82, 2.24) is 25.4 Å². The van der Waals surface area contributed by atoms with Crippen molar-refractivity contribution in [2.24, 2.45) is 12.0 Å². The number of halogens is 1. The summed E-state index contributed by atoms with van der Waals surface area (Å²) in [5.74, 6) is 3.31. The average Bonchev–Trinajstić information content (AvgIpc) is 3.09. The molecule has 0 saturated heterocycles. The van der Waals surface area contributed by atoms with E-state index < -0.39 is 0 Å². The van der Waals surface area contributed by atoms with Crippen LogP contribution in [0.3, 0.4) is 0 Å². The van der Waals surface area contributed by atoms with Crippen molar-refractivity contribution in [1.29, 1.82) is 0 Å². The Morgan fingerprint density at radius 2 is 1.77 bits per heavy atom. The fourth-order valence-corrected chi connectivity index (χ4v) is 2.66. The zero-order valence-electron chi connectivity index (χ0n) is 18.9. The Kier molecular flexibility index (Phi) is 13.8. The van der Waals surface area contributed by atoms with Crippen LogP contribution in [0.25, 0.3) is 0 Å². The second-order valence-corrected chi connectivity index (χ2v) is 6.80. The Hall–Kier alpha value is -1.92. The number of aliphatic imine (C=N–C) groups is 1. The summed E-state index contributed by atoms with van der Waals surface area (Å²) in [6.45, 7) is 5.82. The van der Waals surface area contributed by atoms with Gasteiger partial charge in [-0.15, -0.1) is 34.2 Å². The lowest BCUT2D eigenvalue weighted by atomic mass is 10.1. The second-order valence-electron chi connectivity index (χ2n) is 6.80. The quantitative estimate of drug-likeness (QED) is 0.172. The number of aryl methyl sites for hydroxylation is 1. The molecule has 9 nitrogen and oxygen atoms in total. The van der Waals surface area contributed by atoms with Crippen molar-refractivity contribution < 1.29 is 14.2 Å². The Morgan fingerprint density at radius 3 is 2.42 bits per heavy atom. The summed E-state index contributed by atoms with van der Waals surface area (Å²) in [5, 5.41) is 15.0. The normalized spacial score (nSPS) is 11.2. The standard InChI is InChI=1S/C21H34N6O3.HI/c1-17-25-26-20(27(17)2)16-24-21(22-11-5-13-30-15-14-28-3)23-12-10-18-6-8-19(29-4)9-7-18;/h6-9H,5,10-16H2,1-4H3,(H2,22,23,24);1H. The van der Waals surface area contributed by atoms with Gasteiger partial charge < -0.3 is 29.4 Å². The number of methoxy groups -OCH3 is 2. The zero-order chi connectivity index (χ0) is 21.6. The molecule has 0 radical (unpaired) electrons. The van der Waals surface area contributed by atoms with Crippen LogP contribution in [0.4, 0.5) is 0 Å². The molecule has 174 valence electrons. The van der Waals surface area contributed by atoms with Crippen molar-refractivity contribution in [3.05, 3.63) is 41.5 Å². The maximum Gasteiger partial charge on any atom is 0.191 e. The lowest BCUT2D eigenvalue weighted by molar-refractivity contribution is 0.0698. The summed E-state index contributed by atoms with van der Waals surface area (Å²) in [4.78, 5) is 4.66. The van der Waals surface area contributed by atoms with Gasteiger partial charge in [-0.25, -0.2) is 4.99 Å². The van der Waals surface area contributed by atoms with Gasteiger partial charge in [0.1, 0.15) is 18.1 Å². The van der Waals surface area contributed by atoms with Gasteiger partial charge in [0.15, 0.2) is 11.8 Å². The highest BCUT2D eigenvalue weighted by Crippen LogP contribution is 2.11. The van der Waals surface area contributed by atoms with Crippen molar-refractivity contribution in [3.63, 3.8) is 0 Å². The maximum absolute atomic E-state index is 5.50. The SMILES string of the molecule is COCCOCCCNC(=NCc1nnc(C)n1C)NCCc1ccc(OC)cc1.I. The first-order chi connectivity index (χ1) is 14.6. The topological polar surface area (TPSA) is 94.8 Å². The number of ether oxygens (including phenoxy) is 3. The van der Waals surface area contributed by atoms with E-state index in [0.29, 0.717) is 26.4 Å². The van der Waals surface area contributed by atoms with E-state index in [1.54, 1.807) is 14.2 Å². The largest absolute Gasteiger partial charge is 0.497 e. The summed E-state index contributed by atoms with van der Waals surface area (Å²) < 4.78 is 17.6. The first-order valence-corrected chi connectivity index (χ1v) is 10.2. The third-order valence-corrected chi connectivity index (χ3v) is 4.62. The van der Waals surface area contributed by atoms with Gasteiger partial charge in [-0.05, 0) is 37.5 Å². The molecular weight excluding hydrogens is 511 g/mol. The molecule has 2 aromatic rings. The third-order valence-electron chi connectivity index (χ3n) is 4.62. The van der Waals surface area contributed by atoms with Gasteiger partial charge in [0, 0.05) is 33.9 Å². The molecule has 1 aromatic heterocycles. The monoisotopic (exact) mass is 546 g/mol. The van der Waals surface area contributed by atoms with E-state index in [4.69, 9.17) is 14.2 Å². The highest BCUT2D eigenvalue weighted by Gasteiger charge is 2.05. The Bertz CT molecular complexity index is 767. The van der Waals surface area contributed by atoms with Gasteiger partial charge in [0.05, 0.1) is 20.3 Å². The van der Waals surface area contributed by atoms with E-state index >= 15 is 0 Å². The van der Waals surface area contributed by atoms with Crippen molar-refractivity contribution in [3.8, 4) is 5.75 Å². The minimum absolute atomic E-state index is 0. The van der Waals surface area contributed by atoms with Crippen LogP contribution in [-0.4, -0.2) is 67.9 Å². The van der Waals surface area contributed by atoms with Gasteiger partial charge in [-0.2, -0.15) is 0 Å². The fraction of sp³-hybridized carbons (Fsp3) is 0.571. The predicted molar refractivity (Wildman–Crippen MR) is 132 cm³/mol. The van der Waals surface area contributed by atoms with E-state index in [0.717, 1.165) is 49.3 Å². The van der Waals surface area contributed by atoms with Crippen LogP contribution < -0.4 is 15.4 Å². The van der Waals surface area contributed by atoms with Gasteiger partial charge in [-0.3, -0.25) is 0 Å². The van der Waals surface area contributed by atoms with Crippen molar-refractivity contribution in [2.75, 3.05) is 47.1 Å². The van der Waals surface area contributed by atoms with Crippen LogP contribution >= 0.6 is 24.0 Å². The molecule has 0 aliphatic heterocycles. The molecular formula is C21H35IN6O3. The predicted octanol–water partition coefficient (Wildman–Crippen LogP) is 2.08. The molecule has 2 rings (SSSR count). The van der Waals surface area contributed by atoms with Gasteiger partial charge in [0.25, 0.3) is 0 Å². The molecule has 0 saturated carbocycles. The smallest absolute Gasteiger partial charge is 0.191 e. The van der Waals surface area contributed by atoms with Gasteiger partial charge >= 0.3 is 0 Å². The summed E-state index contributed by atoms with van der Waals surface area (Å²) >= 11 is 0. The number of nitrogens with zero attached hydrogens (tertiary/aromatic N) is 4. The Labute approximate surface area is 202 Å². The number of rotatable bonds is 13. The summed E-state index contributed by atoms with van der Waals surface area (Å²) in [6.07, 6.45) is 1.76. The Balaban J connectivity index is 0.00000480. The second kappa shape index (κ2) is 15.8. The molecule has 31 heavy (non-hydrogen) atoms. The van der Waals surface area contributed by atoms with Gasteiger partial charge in [-0.1, -0.05) is 12.1 Å². The average molecular weight is 546 g/mol. The van der Waals surface area contributed by atoms with E-state index in [9.17, 15) is 0 Å². The van der Waals surface area contributed by atoms with E-state index in [1.807, 2.05) is 30.7 Å². The number of hydrogen-bond donors (Lipinski definition) is 2. The number of nitrogens with one attached hydrogen (secondary N) is 2. The molecule has 0 aliphatic carbocycles. The summed E-state index contributed by atoms with van der Waals surface area (Å²) in [6, 6.07) is 8.10. The number of benzene rings is 1. The number of hydrogen-bond acceptors (Lipinski definition) is 6. The van der Waals surface area contributed by atoms with Crippen molar-refractivity contribution >= 4 is 29.9 Å². The van der Waals surface area contributed by atoms with E-state index in [2.05, 4.69) is 38.0 Å². The minimum Gasteiger partial charge on any atom is -0.497 e. The lowest BCUT2D eigenvalue weighted by Crippen LogP contribution is -2.39. The molecule has 0 atom stereocenters. The first kappa shape index (κ1) is 27.1. The van der Waals surface area contributed by atoms with E-state index in [-0.39, 0.29) is 24.0 Å². The maximum atomic E-state index is 5.50. The number of guanidine groups is 1. The van der Waals surface area contributed by atoms with Crippen molar-refractivity contribution in [2.45, 2.75) is 26.3 Å². The molecule has 1 aromatic carbocycles. The molecule has 1 heterocycles. The molecule has 0 spiro atoms.